The van der Waals surface area contributed by atoms with E-state index in [4.69, 9.17) is 11.5 Å². The summed E-state index contributed by atoms with van der Waals surface area (Å²) < 4.78 is 3.93. The Morgan fingerprint density at radius 3 is 2.78 bits per heavy atom. The molecule has 0 radical (unpaired) electrons. The first-order chi connectivity index (χ1) is 8.49. The van der Waals surface area contributed by atoms with E-state index in [1.54, 1.807) is 11.3 Å². The van der Waals surface area contributed by atoms with Gasteiger partial charge in [0.1, 0.15) is 10.6 Å². The van der Waals surface area contributed by atoms with Crippen LogP contribution in [-0.2, 0) is 6.54 Å². The second-order valence-electron chi connectivity index (χ2n) is 3.94. The van der Waals surface area contributed by atoms with E-state index < -0.39 is 5.91 Å². The van der Waals surface area contributed by atoms with Crippen molar-refractivity contribution in [1.82, 2.24) is 4.37 Å². The highest BCUT2D eigenvalue weighted by Gasteiger charge is 2.16. The fraction of sp³-hybridized carbons (Fsp3) is 0.273. The summed E-state index contributed by atoms with van der Waals surface area (Å²) in [5.74, 6) is -0.365. The SMILES string of the molecule is Cc1cc(CNc2snc(N)c2C(N)=O)sc1C. The minimum atomic E-state index is -0.553. The summed E-state index contributed by atoms with van der Waals surface area (Å²) in [6.45, 7) is 4.80. The largest absolute Gasteiger partial charge is 0.382 e. The van der Waals surface area contributed by atoms with Crippen LogP contribution in [0.4, 0.5) is 10.8 Å². The van der Waals surface area contributed by atoms with Gasteiger partial charge in [-0.2, -0.15) is 4.37 Å². The van der Waals surface area contributed by atoms with Gasteiger partial charge in [-0.3, -0.25) is 4.79 Å². The number of primary amides is 1. The highest BCUT2D eigenvalue weighted by molar-refractivity contribution is 7.12. The topological polar surface area (TPSA) is 94.0 Å². The van der Waals surface area contributed by atoms with Crippen molar-refractivity contribution in [2.75, 3.05) is 11.1 Å². The molecular formula is C11H14N4OS2. The Morgan fingerprint density at radius 1 is 1.50 bits per heavy atom. The molecule has 2 aromatic heterocycles. The van der Waals surface area contributed by atoms with Gasteiger partial charge in [0.15, 0.2) is 5.82 Å². The summed E-state index contributed by atoms with van der Waals surface area (Å²) in [6, 6.07) is 2.13. The second kappa shape index (κ2) is 4.95. The summed E-state index contributed by atoms with van der Waals surface area (Å²) in [4.78, 5) is 13.7. The first kappa shape index (κ1) is 12.8. The number of carbonyl (C=O) groups is 1. The lowest BCUT2D eigenvalue weighted by Crippen LogP contribution is -2.14. The molecule has 0 aliphatic heterocycles. The zero-order valence-corrected chi connectivity index (χ0v) is 11.7. The number of rotatable bonds is 4. The van der Waals surface area contributed by atoms with Crippen molar-refractivity contribution >= 4 is 39.6 Å². The maximum Gasteiger partial charge on any atom is 0.255 e. The first-order valence-electron chi connectivity index (χ1n) is 5.33. The predicted octanol–water partition coefficient (Wildman–Crippen LogP) is 2.11. The molecule has 7 heteroatoms. The van der Waals surface area contributed by atoms with Crippen LogP contribution < -0.4 is 16.8 Å². The van der Waals surface area contributed by atoms with Gasteiger partial charge in [-0.25, -0.2) is 0 Å². The highest BCUT2D eigenvalue weighted by Crippen LogP contribution is 2.28. The van der Waals surface area contributed by atoms with E-state index in [1.165, 1.54) is 15.3 Å². The molecule has 0 saturated heterocycles. The molecule has 5 nitrogen and oxygen atoms in total. The van der Waals surface area contributed by atoms with E-state index >= 15 is 0 Å². The molecule has 2 rings (SSSR count). The molecule has 2 aromatic rings. The lowest BCUT2D eigenvalue weighted by atomic mass is 10.3. The molecule has 0 bridgehead atoms. The quantitative estimate of drug-likeness (QED) is 0.800. The van der Waals surface area contributed by atoms with Crippen molar-refractivity contribution in [2.45, 2.75) is 20.4 Å². The number of nitrogen functional groups attached to an aromatic ring is 1. The van der Waals surface area contributed by atoms with Crippen LogP contribution in [0.25, 0.3) is 0 Å². The molecule has 96 valence electrons. The van der Waals surface area contributed by atoms with Crippen molar-refractivity contribution in [3.05, 3.63) is 26.9 Å². The molecule has 0 aromatic carbocycles. The summed E-state index contributed by atoms with van der Waals surface area (Å²) in [6.07, 6.45) is 0. The van der Waals surface area contributed by atoms with E-state index in [1.807, 2.05) is 0 Å². The van der Waals surface area contributed by atoms with Gasteiger partial charge in [-0.05, 0) is 37.0 Å². The number of nitrogens with one attached hydrogen (secondary N) is 1. The molecule has 1 amide bonds. The number of hydrogen-bond donors (Lipinski definition) is 3. The van der Waals surface area contributed by atoms with E-state index in [9.17, 15) is 4.79 Å². The Morgan fingerprint density at radius 2 is 2.22 bits per heavy atom. The fourth-order valence-corrected chi connectivity index (χ4v) is 3.27. The van der Waals surface area contributed by atoms with Crippen LogP contribution in [0.15, 0.2) is 6.07 Å². The van der Waals surface area contributed by atoms with Gasteiger partial charge >= 0.3 is 0 Å². The lowest BCUT2D eigenvalue weighted by molar-refractivity contribution is 0.100. The number of thiophene rings is 1. The van der Waals surface area contributed by atoms with Crippen molar-refractivity contribution in [1.29, 1.82) is 0 Å². The molecule has 0 saturated carbocycles. The van der Waals surface area contributed by atoms with Gasteiger partial charge < -0.3 is 16.8 Å². The van der Waals surface area contributed by atoms with E-state index in [0.717, 1.165) is 11.5 Å². The third-order valence-electron chi connectivity index (χ3n) is 2.61. The van der Waals surface area contributed by atoms with Crippen LogP contribution in [0.1, 0.15) is 25.7 Å². The normalized spacial score (nSPS) is 10.6. The molecule has 0 aliphatic carbocycles. The summed E-state index contributed by atoms with van der Waals surface area (Å²) in [5.41, 5.74) is 12.4. The van der Waals surface area contributed by atoms with E-state index in [2.05, 4.69) is 29.6 Å². The van der Waals surface area contributed by atoms with Gasteiger partial charge in [0, 0.05) is 9.75 Å². The van der Waals surface area contributed by atoms with Gasteiger partial charge in [0.25, 0.3) is 5.91 Å². The molecule has 0 unspecified atom stereocenters. The van der Waals surface area contributed by atoms with Crippen LogP contribution in [-0.4, -0.2) is 10.3 Å². The van der Waals surface area contributed by atoms with E-state index in [-0.39, 0.29) is 11.4 Å². The molecule has 0 fully saturated rings. The number of amides is 1. The predicted molar refractivity (Wildman–Crippen MR) is 76.2 cm³/mol. The maximum atomic E-state index is 11.2. The standard InChI is InChI=1S/C11H14N4OS2/c1-5-3-7(17-6(5)2)4-14-11-8(10(13)16)9(12)15-18-11/h3,14H,4H2,1-2H3,(H2,12,15)(H2,13,16). The fourth-order valence-electron chi connectivity index (χ4n) is 1.57. The van der Waals surface area contributed by atoms with Crippen molar-refractivity contribution in [3.63, 3.8) is 0 Å². The van der Waals surface area contributed by atoms with Crippen LogP contribution >= 0.6 is 22.9 Å². The number of carbonyl (C=O) groups excluding carboxylic acids is 1. The molecule has 2 heterocycles. The minimum absolute atomic E-state index is 0.188. The molecule has 0 spiro atoms. The van der Waals surface area contributed by atoms with Crippen molar-refractivity contribution in [2.24, 2.45) is 5.73 Å². The molecular weight excluding hydrogens is 268 g/mol. The summed E-state index contributed by atoms with van der Waals surface area (Å²) in [5, 5.41) is 3.79. The number of hydrogen-bond acceptors (Lipinski definition) is 6. The Hall–Kier alpha value is -1.60. The number of anilines is 2. The van der Waals surface area contributed by atoms with Crippen molar-refractivity contribution < 1.29 is 4.79 Å². The number of aryl methyl sites for hydroxylation is 2. The zero-order valence-electron chi connectivity index (χ0n) is 10.1. The number of nitrogens with two attached hydrogens (primary N) is 2. The van der Waals surface area contributed by atoms with Crippen molar-refractivity contribution in [3.8, 4) is 0 Å². The monoisotopic (exact) mass is 282 g/mol. The third kappa shape index (κ3) is 2.46. The Bertz CT molecular complexity index is 568. The van der Waals surface area contributed by atoms with Gasteiger partial charge in [0.05, 0.1) is 6.54 Å². The average Bonchev–Trinajstić information content (AvgIpc) is 2.80. The number of aromatic nitrogens is 1. The third-order valence-corrected chi connectivity index (χ3v) is 4.58. The van der Waals surface area contributed by atoms with E-state index in [0.29, 0.717) is 11.5 Å². The average molecular weight is 282 g/mol. The smallest absolute Gasteiger partial charge is 0.255 e. The second-order valence-corrected chi connectivity index (χ2v) is 6.06. The molecule has 18 heavy (non-hydrogen) atoms. The lowest BCUT2D eigenvalue weighted by Gasteiger charge is -2.02. The highest BCUT2D eigenvalue weighted by atomic mass is 32.1. The molecule has 5 N–H and O–H groups in total. The summed E-state index contributed by atoms with van der Waals surface area (Å²) in [7, 11) is 0. The van der Waals surface area contributed by atoms with Crippen LogP contribution in [0, 0.1) is 13.8 Å². The maximum absolute atomic E-state index is 11.2. The molecule has 0 atom stereocenters. The van der Waals surface area contributed by atoms with Gasteiger partial charge in [-0.15, -0.1) is 11.3 Å². The Labute approximate surface area is 113 Å². The number of nitrogens with zero attached hydrogens (tertiary/aromatic N) is 1. The zero-order chi connectivity index (χ0) is 13.3. The van der Waals surface area contributed by atoms with Crippen LogP contribution in [0.3, 0.4) is 0 Å². The molecule has 0 aliphatic rings. The van der Waals surface area contributed by atoms with Gasteiger partial charge in [0.2, 0.25) is 0 Å². The van der Waals surface area contributed by atoms with Crippen LogP contribution in [0.5, 0.6) is 0 Å². The first-order valence-corrected chi connectivity index (χ1v) is 6.92. The Kier molecular flexibility index (Phi) is 3.53. The van der Waals surface area contributed by atoms with Gasteiger partial charge in [-0.1, -0.05) is 0 Å². The minimum Gasteiger partial charge on any atom is -0.382 e. The Balaban J connectivity index is 2.13. The van der Waals surface area contributed by atoms with Crippen LogP contribution in [0.2, 0.25) is 0 Å². The summed E-state index contributed by atoms with van der Waals surface area (Å²) >= 11 is 2.88.